The summed E-state index contributed by atoms with van der Waals surface area (Å²) in [4.78, 5) is 43.6. The molecule has 1 aromatic rings. The summed E-state index contributed by atoms with van der Waals surface area (Å²) in [6.45, 7) is 0. The molecule has 0 amide bonds. The third kappa shape index (κ3) is 5.54. The van der Waals surface area contributed by atoms with Gasteiger partial charge in [-0.25, -0.2) is 13.4 Å². The van der Waals surface area contributed by atoms with Gasteiger partial charge in [0.05, 0.1) is 0 Å². The number of rotatable bonds is 5. The Balaban J connectivity index is 3.24. The summed E-state index contributed by atoms with van der Waals surface area (Å²) in [7, 11) is -15.3. The summed E-state index contributed by atoms with van der Waals surface area (Å²) in [6, 6.07) is 4.22. The van der Waals surface area contributed by atoms with Crippen molar-refractivity contribution in [2.24, 2.45) is 0 Å². The molecule has 1 unspecified atom stereocenters. The smallest absolute Gasteiger partial charge is 0.403 e. The third-order valence-electron chi connectivity index (χ3n) is 1.60. The molecule has 0 spiro atoms. The lowest BCUT2D eigenvalue weighted by Gasteiger charge is -2.16. The third-order valence-corrected chi connectivity index (χ3v) is 4.75. The minimum Gasteiger partial charge on any atom is -0.403 e. The molecule has 1 atom stereocenters. The molecule has 0 radical (unpaired) electrons. The molecule has 0 aliphatic rings. The number of hydrogen-bond acceptors (Lipinski definition) is 5. The maximum Gasteiger partial charge on any atom is 0.524 e. The van der Waals surface area contributed by atoms with E-state index in [9.17, 15) is 18.6 Å². The maximum absolute atomic E-state index is 11.6. The average molecular weight is 334 g/mol. The first-order valence-corrected chi connectivity index (χ1v) is 8.99. The summed E-state index contributed by atoms with van der Waals surface area (Å²) < 4.78 is 40.7. The molecule has 0 bridgehead atoms. The molecular weight excluding hydrogens is 325 g/mol. The zero-order valence-electron chi connectivity index (χ0n) is 8.93. The topological polar surface area (TPSA) is 171 Å². The summed E-state index contributed by atoms with van der Waals surface area (Å²) in [5, 5.41) is -0.790. The van der Waals surface area contributed by atoms with Crippen LogP contribution in [0.5, 0.6) is 5.75 Å². The van der Waals surface area contributed by atoms with Crippen LogP contribution in [0.15, 0.2) is 24.3 Å². The van der Waals surface area contributed by atoms with E-state index in [1.54, 1.807) is 0 Å². The van der Waals surface area contributed by atoms with Crippen LogP contribution < -0.4 is 9.83 Å². The Labute approximate surface area is 106 Å². The van der Waals surface area contributed by atoms with Crippen LogP contribution >= 0.6 is 23.2 Å². The minimum absolute atomic E-state index is 0.727. The molecule has 0 saturated carbocycles. The van der Waals surface area contributed by atoms with E-state index < -0.39 is 34.3 Å². The molecule has 0 aromatic heterocycles. The van der Waals surface area contributed by atoms with Gasteiger partial charge in [-0.2, -0.15) is 0 Å². The van der Waals surface area contributed by atoms with Crippen LogP contribution in [0.4, 0.5) is 0 Å². The van der Waals surface area contributed by atoms with E-state index in [0.29, 0.717) is 0 Å². The monoisotopic (exact) mass is 334 g/mol. The average Bonchev–Trinajstić information content (AvgIpc) is 2.11. The summed E-state index contributed by atoms with van der Waals surface area (Å²) in [6.07, 6.45) is 0. The van der Waals surface area contributed by atoms with Crippen LogP contribution in [-0.2, 0) is 18.0 Å². The van der Waals surface area contributed by atoms with E-state index in [2.05, 4.69) is 8.83 Å². The van der Waals surface area contributed by atoms with Crippen LogP contribution in [0.25, 0.3) is 0 Å². The first-order chi connectivity index (χ1) is 8.41. The Morgan fingerprint density at radius 3 is 1.84 bits per heavy atom. The second kappa shape index (κ2) is 5.46. The van der Waals surface area contributed by atoms with Crippen molar-refractivity contribution >= 4 is 28.5 Å². The van der Waals surface area contributed by atoms with Crippen LogP contribution in [0.3, 0.4) is 0 Å². The highest BCUT2D eigenvalue weighted by Crippen LogP contribution is 2.57. The number of phosphoric acid groups is 2. The molecule has 0 aliphatic heterocycles. The first-order valence-electron chi connectivity index (χ1n) is 4.35. The molecule has 0 fully saturated rings. The Morgan fingerprint density at radius 2 is 1.37 bits per heavy atom. The van der Waals surface area contributed by atoms with Gasteiger partial charge >= 0.3 is 23.2 Å². The van der Waals surface area contributed by atoms with Gasteiger partial charge < -0.3 is 19.2 Å². The second-order valence-electron chi connectivity index (χ2n) is 3.14. The molecule has 0 saturated heterocycles. The standard InChI is InChI=1S/C6H9O10P3/c7-17(8,16-19(12,13)14)6-4-2-1-3-5(6)15-18(9,10)11/h1-4H,(H,7,8)(H2,9,10,11)(H2,12,13,14). The largest absolute Gasteiger partial charge is 0.524 e. The van der Waals surface area contributed by atoms with Crippen LogP contribution in [0.1, 0.15) is 0 Å². The molecule has 108 valence electrons. The fourth-order valence-electron chi connectivity index (χ4n) is 1.08. The van der Waals surface area contributed by atoms with Gasteiger partial charge in [-0.3, -0.25) is 14.4 Å². The van der Waals surface area contributed by atoms with Crippen molar-refractivity contribution in [3.8, 4) is 5.75 Å². The number of benzene rings is 1. The Morgan fingerprint density at radius 1 is 0.842 bits per heavy atom. The highest BCUT2D eigenvalue weighted by Gasteiger charge is 2.36. The number of hydrogen-bond donors (Lipinski definition) is 5. The molecular formula is C6H9O10P3. The van der Waals surface area contributed by atoms with Crippen LogP contribution in [0.2, 0.25) is 0 Å². The lowest BCUT2D eigenvalue weighted by molar-refractivity contribution is 0.267. The lowest BCUT2D eigenvalue weighted by Crippen LogP contribution is -2.10. The molecule has 1 rings (SSSR count). The Hall–Kier alpha value is -0.530. The summed E-state index contributed by atoms with van der Waals surface area (Å²) in [5.41, 5.74) is 0. The predicted molar refractivity (Wildman–Crippen MR) is 61.7 cm³/mol. The zero-order chi connectivity index (χ0) is 14.9. The predicted octanol–water partition coefficient (Wildman–Crippen LogP) is 0.0781. The summed E-state index contributed by atoms with van der Waals surface area (Å²) >= 11 is 0. The van der Waals surface area contributed by atoms with Crippen molar-refractivity contribution in [2.45, 2.75) is 0 Å². The van der Waals surface area contributed by atoms with Crippen molar-refractivity contribution in [3.05, 3.63) is 24.3 Å². The molecule has 0 heterocycles. The number of phosphoric ester groups is 1. The van der Waals surface area contributed by atoms with Gasteiger partial charge in [0, 0.05) is 0 Å². The fourth-order valence-corrected chi connectivity index (χ4v) is 3.75. The van der Waals surface area contributed by atoms with Gasteiger partial charge in [0.25, 0.3) is 0 Å². The van der Waals surface area contributed by atoms with Crippen molar-refractivity contribution in [1.29, 1.82) is 0 Å². The minimum atomic E-state index is -5.29. The van der Waals surface area contributed by atoms with Gasteiger partial charge in [0.15, 0.2) is 0 Å². The van der Waals surface area contributed by atoms with Gasteiger partial charge in [-0.05, 0) is 12.1 Å². The fraction of sp³-hybridized carbons (Fsp3) is 0. The van der Waals surface area contributed by atoms with Crippen molar-refractivity contribution in [3.63, 3.8) is 0 Å². The van der Waals surface area contributed by atoms with Gasteiger partial charge in [-0.1, -0.05) is 12.1 Å². The van der Waals surface area contributed by atoms with Crippen molar-refractivity contribution in [1.82, 2.24) is 0 Å². The van der Waals surface area contributed by atoms with Crippen molar-refractivity contribution in [2.75, 3.05) is 0 Å². The Bertz CT molecular complexity index is 599. The molecule has 13 heteroatoms. The van der Waals surface area contributed by atoms with E-state index in [0.717, 1.165) is 12.1 Å². The van der Waals surface area contributed by atoms with E-state index >= 15 is 0 Å². The van der Waals surface area contributed by atoms with Gasteiger partial charge in [0.1, 0.15) is 11.1 Å². The van der Waals surface area contributed by atoms with E-state index in [1.807, 2.05) is 0 Å². The maximum atomic E-state index is 11.6. The van der Waals surface area contributed by atoms with Gasteiger partial charge in [-0.15, -0.1) is 0 Å². The number of para-hydroxylation sites is 1. The van der Waals surface area contributed by atoms with Crippen molar-refractivity contribution < 1.29 is 47.0 Å². The highest BCUT2D eigenvalue weighted by atomic mass is 31.3. The molecule has 10 nitrogen and oxygen atoms in total. The second-order valence-corrected chi connectivity index (χ2v) is 7.46. The van der Waals surface area contributed by atoms with E-state index in [4.69, 9.17) is 19.6 Å². The van der Waals surface area contributed by atoms with Gasteiger partial charge in [0.2, 0.25) is 0 Å². The zero-order valence-corrected chi connectivity index (χ0v) is 11.6. The van der Waals surface area contributed by atoms with E-state index in [1.165, 1.54) is 12.1 Å². The Kier molecular flexibility index (Phi) is 4.75. The molecule has 5 N–H and O–H groups in total. The molecule has 1 aromatic carbocycles. The van der Waals surface area contributed by atoms with Crippen LogP contribution in [0, 0.1) is 0 Å². The molecule has 19 heavy (non-hydrogen) atoms. The normalized spacial score (nSPS) is 15.8. The van der Waals surface area contributed by atoms with Crippen LogP contribution in [-0.4, -0.2) is 24.5 Å². The first kappa shape index (κ1) is 16.5. The summed E-state index contributed by atoms with van der Waals surface area (Å²) in [5.74, 6) is -0.727. The SMILES string of the molecule is O=P(O)(O)Oc1ccccc1P(=O)(O)OP(=O)(O)O. The highest BCUT2D eigenvalue weighted by molar-refractivity contribution is 7.69. The van der Waals surface area contributed by atoms with E-state index in [-0.39, 0.29) is 0 Å². The lowest BCUT2D eigenvalue weighted by atomic mass is 10.3. The molecule has 0 aliphatic carbocycles. The quantitative estimate of drug-likeness (QED) is 0.464.